The number of hydrogen-bond acceptors (Lipinski definition) is 2. The molecule has 1 unspecified atom stereocenters. The van der Waals surface area contributed by atoms with Crippen LogP contribution in [0.1, 0.15) is 25.3 Å². The van der Waals surface area contributed by atoms with E-state index in [1.165, 1.54) is 16.7 Å². The zero-order valence-corrected chi connectivity index (χ0v) is 15.5. The van der Waals surface area contributed by atoms with Crippen LogP contribution in [0.4, 0.5) is 0 Å². The lowest BCUT2D eigenvalue weighted by Gasteiger charge is -2.24. The fourth-order valence-electron chi connectivity index (χ4n) is 3.31. The van der Waals surface area contributed by atoms with Crippen molar-refractivity contribution in [3.63, 3.8) is 0 Å². The van der Waals surface area contributed by atoms with E-state index < -0.39 is 0 Å². The first kappa shape index (κ1) is 19.5. The molecule has 0 aromatic heterocycles. The molecule has 0 bridgehead atoms. The molecule has 1 amide bonds. The van der Waals surface area contributed by atoms with Crippen LogP contribution in [0.5, 0.6) is 0 Å². The Balaban J connectivity index is 0.00000225. The van der Waals surface area contributed by atoms with Gasteiger partial charge in [0.05, 0.1) is 0 Å². The molecule has 2 aromatic carbocycles. The number of halogens is 1. The molecule has 1 aliphatic rings. The van der Waals surface area contributed by atoms with Gasteiger partial charge in [-0.15, -0.1) is 12.4 Å². The average Bonchev–Trinajstić information content (AvgIpc) is 2.64. The van der Waals surface area contributed by atoms with Gasteiger partial charge >= 0.3 is 0 Å². The summed E-state index contributed by atoms with van der Waals surface area (Å²) in [4.78, 5) is 12.3. The van der Waals surface area contributed by atoms with Crippen LogP contribution in [-0.4, -0.2) is 25.0 Å². The van der Waals surface area contributed by atoms with Crippen LogP contribution in [0, 0.1) is 5.92 Å². The summed E-state index contributed by atoms with van der Waals surface area (Å²) in [5.41, 5.74) is 3.72. The number of rotatable bonds is 5. The van der Waals surface area contributed by atoms with Gasteiger partial charge in [0, 0.05) is 12.0 Å². The number of hydrogen-bond donors (Lipinski definition) is 2. The summed E-state index contributed by atoms with van der Waals surface area (Å²) in [5, 5.41) is 6.48. The first-order chi connectivity index (χ1) is 11.7. The third-order valence-corrected chi connectivity index (χ3v) is 4.70. The van der Waals surface area contributed by atoms with Gasteiger partial charge in [-0.1, -0.05) is 54.6 Å². The minimum atomic E-state index is 0. The SMILES string of the molecule is CC(Cc1ccc(-c2ccccc2)cc1)NC(=O)C1CCNCC1.Cl. The summed E-state index contributed by atoms with van der Waals surface area (Å²) in [6.45, 7) is 3.99. The maximum atomic E-state index is 12.3. The van der Waals surface area contributed by atoms with E-state index in [4.69, 9.17) is 0 Å². The topological polar surface area (TPSA) is 41.1 Å². The number of carbonyl (C=O) groups excluding carboxylic acids is 1. The molecule has 0 aliphatic carbocycles. The predicted octanol–water partition coefficient (Wildman–Crippen LogP) is 3.82. The van der Waals surface area contributed by atoms with Crippen LogP contribution >= 0.6 is 12.4 Å². The highest BCUT2D eigenvalue weighted by Crippen LogP contribution is 2.20. The summed E-state index contributed by atoms with van der Waals surface area (Å²) < 4.78 is 0. The van der Waals surface area contributed by atoms with Gasteiger partial charge in [0.15, 0.2) is 0 Å². The fraction of sp³-hybridized carbons (Fsp3) is 0.381. The molecule has 0 spiro atoms. The smallest absolute Gasteiger partial charge is 0.223 e. The largest absolute Gasteiger partial charge is 0.353 e. The van der Waals surface area contributed by atoms with Crippen LogP contribution in [-0.2, 0) is 11.2 Å². The van der Waals surface area contributed by atoms with E-state index >= 15 is 0 Å². The quantitative estimate of drug-likeness (QED) is 0.853. The Morgan fingerprint density at radius 1 is 1.04 bits per heavy atom. The lowest BCUT2D eigenvalue weighted by atomic mass is 9.96. The Bertz CT molecular complexity index is 651. The van der Waals surface area contributed by atoms with E-state index in [1.807, 2.05) is 6.07 Å². The van der Waals surface area contributed by atoms with Crippen LogP contribution in [0.25, 0.3) is 11.1 Å². The Morgan fingerprint density at radius 2 is 1.64 bits per heavy atom. The number of amides is 1. The van der Waals surface area contributed by atoms with Gasteiger partial charge in [0.1, 0.15) is 0 Å². The lowest BCUT2D eigenvalue weighted by Crippen LogP contribution is -2.42. The molecule has 3 rings (SSSR count). The number of nitrogens with one attached hydrogen (secondary N) is 2. The molecule has 1 heterocycles. The normalized spacial score (nSPS) is 15.9. The molecule has 25 heavy (non-hydrogen) atoms. The monoisotopic (exact) mass is 358 g/mol. The predicted molar refractivity (Wildman–Crippen MR) is 106 cm³/mol. The molecule has 3 nitrogen and oxygen atoms in total. The van der Waals surface area contributed by atoms with Crippen LogP contribution < -0.4 is 10.6 Å². The fourth-order valence-corrected chi connectivity index (χ4v) is 3.31. The molecule has 1 fully saturated rings. The summed E-state index contributed by atoms with van der Waals surface area (Å²) in [6, 6.07) is 19.2. The second-order valence-corrected chi connectivity index (χ2v) is 6.70. The number of piperidine rings is 1. The van der Waals surface area contributed by atoms with E-state index in [0.29, 0.717) is 0 Å². The van der Waals surface area contributed by atoms with Gasteiger partial charge in [-0.2, -0.15) is 0 Å². The molecule has 1 saturated heterocycles. The van der Waals surface area contributed by atoms with Gasteiger partial charge in [0.2, 0.25) is 5.91 Å². The Hall–Kier alpha value is -1.84. The van der Waals surface area contributed by atoms with Crippen LogP contribution in [0.3, 0.4) is 0 Å². The molecule has 134 valence electrons. The number of benzene rings is 2. The zero-order chi connectivity index (χ0) is 16.8. The van der Waals surface area contributed by atoms with Gasteiger partial charge < -0.3 is 10.6 Å². The Kier molecular flexibility index (Phi) is 7.48. The summed E-state index contributed by atoms with van der Waals surface area (Å²) in [7, 11) is 0. The molecule has 1 aliphatic heterocycles. The van der Waals surface area contributed by atoms with E-state index in [2.05, 4.69) is 66.1 Å². The molecular weight excluding hydrogens is 332 g/mol. The van der Waals surface area contributed by atoms with Crippen molar-refractivity contribution < 1.29 is 4.79 Å². The van der Waals surface area contributed by atoms with Gasteiger partial charge in [-0.25, -0.2) is 0 Å². The van der Waals surface area contributed by atoms with Crippen molar-refractivity contribution in [1.82, 2.24) is 10.6 Å². The third kappa shape index (κ3) is 5.58. The van der Waals surface area contributed by atoms with E-state index in [1.54, 1.807) is 0 Å². The first-order valence-electron chi connectivity index (χ1n) is 8.88. The third-order valence-electron chi connectivity index (χ3n) is 4.70. The summed E-state index contributed by atoms with van der Waals surface area (Å²) >= 11 is 0. The van der Waals surface area contributed by atoms with Crippen molar-refractivity contribution in [2.75, 3.05) is 13.1 Å². The van der Waals surface area contributed by atoms with Gasteiger partial charge in [-0.05, 0) is 56.0 Å². The molecular formula is C21H27ClN2O. The van der Waals surface area contributed by atoms with Crippen molar-refractivity contribution in [3.8, 4) is 11.1 Å². The molecule has 0 radical (unpaired) electrons. The van der Waals surface area contributed by atoms with Crippen molar-refractivity contribution in [3.05, 3.63) is 60.2 Å². The summed E-state index contributed by atoms with van der Waals surface area (Å²) in [6.07, 6.45) is 2.76. The molecule has 2 N–H and O–H groups in total. The molecule has 0 saturated carbocycles. The first-order valence-corrected chi connectivity index (χ1v) is 8.88. The van der Waals surface area contributed by atoms with Gasteiger partial charge in [0.25, 0.3) is 0 Å². The van der Waals surface area contributed by atoms with E-state index in [-0.39, 0.29) is 30.3 Å². The maximum Gasteiger partial charge on any atom is 0.223 e. The Labute approximate surface area is 156 Å². The number of carbonyl (C=O) groups is 1. The highest BCUT2D eigenvalue weighted by Gasteiger charge is 2.21. The summed E-state index contributed by atoms with van der Waals surface area (Å²) in [5.74, 6) is 0.388. The molecule has 4 heteroatoms. The van der Waals surface area contributed by atoms with Gasteiger partial charge in [-0.3, -0.25) is 4.79 Å². The van der Waals surface area contributed by atoms with Crippen molar-refractivity contribution in [2.24, 2.45) is 5.92 Å². The van der Waals surface area contributed by atoms with Crippen molar-refractivity contribution >= 4 is 18.3 Å². The van der Waals surface area contributed by atoms with E-state index in [9.17, 15) is 4.79 Å². The minimum absolute atomic E-state index is 0. The Morgan fingerprint density at radius 3 is 2.28 bits per heavy atom. The lowest BCUT2D eigenvalue weighted by molar-refractivity contribution is -0.126. The average molecular weight is 359 g/mol. The standard InChI is InChI=1S/C21H26N2O.ClH/c1-16(23-21(24)20-11-13-22-14-12-20)15-17-7-9-19(10-8-17)18-5-3-2-4-6-18;/h2-10,16,20,22H,11-15H2,1H3,(H,23,24);1H. The molecule has 2 aromatic rings. The van der Waals surface area contributed by atoms with Crippen LogP contribution in [0.15, 0.2) is 54.6 Å². The molecule has 1 atom stereocenters. The van der Waals surface area contributed by atoms with Crippen molar-refractivity contribution in [2.45, 2.75) is 32.2 Å². The maximum absolute atomic E-state index is 12.3. The zero-order valence-electron chi connectivity index (χ0n) is 14.7. The minimum Gasteiger partial charge on any atom is -0.353 e. The van der Waals surface area contributed by atoms with Crippen LogP contribution in [0.2, 0.25) is 0 Å². The van der Waals surface area contributed by atoms with E-state index in [0.717, 1.165) is 32.4 Å². The second kappa shape index (κ2) is 9.59. The highest BCUT2D eigenvalue weighted by atomic mass is 35.5. The van der Waals surface area contributed by atoms with Crippen molar-refractivity contribution in [1.29, 1.82) is 0 Å². The second-order valence-electron chi connectivity index (χ2n) is 6.70. The highest BCUT2D eigenvalue weighted by molar-refractivity contribution is 5.85.